The van der Waals surface area contributed by atoms with Crippen LogP contribution in [0.1, 0.15) is 25.7 Å². The lowest BCUT2D eigenvalue weighted by atomic mass is 10.1. The summed E-state index contributed by atoms with van der Waals surface area (Å²) in [5, 5.41) is 1.27. The van der Waals surface area contributed by atoms with Crippen molar-refractivity contribution in [3.05, 3.63) is 42.6 Å². The standard InChI is InChI=1S/C22H24N4S/c1-2-5-20-16(4-1)11-21(24-20)19-12-18(27-25-8-3-9-25)13-23-22(19)26-14-15-6-7-17(26)10-15/h1-2,4-5,11-13,15,17,24H,3,6-10,14H2. The molecule has 1 saturated carbocycles. The van der Waals surface area contributed by atoms with Crippen LogP contribution in [0, 0.1) is 5.92 Å². The third kappa shape index (κ3) is 2.75. The van der Waals surface area contributed by atoms with E-state index >= 15 is 0 Å². The molecular formula is C22H24N4S. The van der Waals surface area contributed by atoms with Crippen LogP contribution >= 0.6 is 11.9 Å². The minimum Gasteiger partial charge on any atom is -0.354 e. The molecule has 2 atom stereocenters. The Morgan fingerprint density at radius 3 is 2.78 bits per heavy atom. The lowest BCUT2D eigenvalue weighted by Gasteiger charge is -2.31. The molecule has 2 aliphatic heterocycles. The first-order valence-electron chi connectivity index (χ1n) is 10.1. The first-order chi connectivity index (χ1) is 13.3. The largest absolute Gasteiger partial charge is 0.354 e. The van der Waals surface area contributed by atoms with Crippen molar-refractivity contribution in [2.75, 3.05) is 24.5 Å². The molecule has 1 N–H and O–H groups in total. The number of piperidine rings is 1. The topological polar surface area (TPSA) is 35.2 Å². The Hall–Kier alpha value is -1.98. The van der Waals surface area contributed by atoms with Gasteiger partial charge in [0.2, 0.25) is 0 Å². The third-order valence-electron chi connectivity index (χ3n) is 6.39. The number of aromatic amines is 1. The van der Waals surface area contributed by atoms with Gasteiger partial charge in [0.1, 0.15) is 5.82 Å². The summed E-state index contributed by atoms with van der Waals surface area (Å²) in [6.45, 7) is 3.54. The van der Waals surface area contributed by atoms with Crippen molar-refractivity contribution in [1.82, 2.24) is 14.3 Å². The number of benzene rings is 1. The number of anilines is 1. The van der Waals surface area contributed by atoms with Gasteiger partial charge in [-0.15, -0.1) is 0 Å². The molecule has 0 spiro atoms. The zero-order valence-electron chi connectivity index (χ0n) is 15.4. The van der Waals surface area contributed by atoms with E-state index in [-0.39, 0.29) is 0 Å². The molecule has 4 heterocycles. The predicted molar refractivity (Wildman–Crippen MR) is 112 cm³/mol. The molecule has 0 radical (unpaired) electrons. The molecule has 2 bridgehead atoms. The van der Waals surface area contributed by atoms with Crippen molar-refractivity contribution in [2.24, 2.45) is 5.92 Å². The molecular weight excluding hydrogens is 352 g/mol. The lowest BCUT2D eigenvalue weighted by molar-refractivity contribution is 0.344. The van der Waals surface area contributed by atoms with Crippen molar-refractivity contribution in [2.45, 2.75) is 36.6 Å². The number of rotatable bonds is 4. The average molecular weight is 377 g/mol. The number of pyridine rings is 1. The maximum atomic E-state index is 5.00. The molecule has 27 heavy (non-hydrogen) atoms. The number of fused-ring (bicyclic) bond motifs is 3. The number of hydrogen-bond donors (Lipinski definition) is 1. The molecule has 2 aromatic heterocycles. The second-order valence-electron chi connectivity index (χ2n) is 8.17. The maximum absolute atomic E-state index is 5.00. The van der Waals surface area contributed by atoms with Gasteiger partial charge in [-0.05, 0) is 61.7 Å². The number of hydrogen-bond acceptors (Lipinski definition) is 4. The Morgan fingerprint density at radius 2 is 2.04 bits per heavy atom. The van der Waals surface area contributed by atoms with E-state index in [1.165, 1.54) is 78.2 Å². The molecule has 138 valence electrons. The molecule has 3 fully saturated rings. The molecule has 2 unspecified atom stereocenters. The minimum atomic E-state index is 0.680. The van der Waals surface area contributed by atoms with Crippen LogP contribution in [-0.2, 0) is 0 Å². The Kier molecular flexibility index (Phi) is 3.73. The quantitative estimate of drug-likeness (QED) is 0.655. The van der Waals surface area contributed by atoms with Gasteiger partial charge >= 0.3 is 0 Å². The highest BCUT2D eigenvalue weighted by molar-refractivity contribution is 7.97. The van der Waals surface area contributed by atoms with E-state index in [4.69, 9.17) is 4.98 Å². The van der Waals surface area contributed by atoms with Crippen LogP contribution in [0.15, 0.2) is 47.5 Å². The number of para-hydroxylation sites is 1. The number of H-pyrrole nitrogens is 1. The van der Waals surface area contributed by atoms with Crippen molar-refractivity contribution < 1.29 is 0 Å². The molecule has 1 aliphatic carbocycles. The Balaban J connectivity index is 1.44. The predicted octanol–water partition coefficient (Wildman–Crippen LogP) is 4.93. The van der Waals surface area contributed by atoms with Crippen LogP contribution in [0.2, 0.25) is 0 Å². The first kappa shape index (κ1) is 16.0. The summed E-state index contributed by atoms with van der Waals surface area (Å²) in [5.74, 6) is 2.03. The highest BCUT2D eigenvalue weighted by Gasteiger charge is 2.39. The number of nitrogens with one attached hydrogen (secondary N) is 1. The molecule has 4 nitrogen and oxygen atoms in total. The summed E-state index contributed by atoms with van der Waals surface area (Å²) in [6.07, 6.45) is 7.45. The molecule has 0 amide bonds. The van der Waals surface area contributed by atoms with Crippen LogP contribution in [0.25, 0.3) is 22.2 Å². The summed E-state index contributed by atoms with van der Waals surface area (Å²) in [4.78, 5) is 12.5. The molecule has 3 aromatic rings. The van der Waals surface area contributed by atoms with Gasteiger partial charge in [-0.2, -0.15) is 0 Å². The second kappa shape index (κ2) is 6.28. The van der Waals surface area contributed by atoms with Gasteiger partial charge in [0.15, 0.2) is 0 Å². The average Bonchev–Trinajstić information content (AvgIpc) is 3.39. The van der Waals surface area contributed by atoms with E-state index in [0.29, 0.717) is 6.04 Å². The van der Waals surface area contributed by atoms with E-state index in [0.717, 1.165) is 5.92 Å². The second-order valence-corrected chi connectivity index (χ2v) is 9.34. The smallest absolute Gasteiger partial charge is 0.138 e. The van der Waals surface area contributed by atoms with Crippen LogP contribution in [0.3, 0.4) is 0 Å². The van der Waals surface area contributed by atoms with Crippen molar-refractivity contribution >= 4 is 28.7 Å². The summed E-state index contributed by atoms with van der Waals surface area (Å²) in [6, 6.07) is 13.8. The fourth-order valence-electron chi connectivity index (χ4n) is 4.85. The van der Waals surface area contributed by atoms with Gasteiger partial charge < -0.3 is 9.88 Å². The van der Waals surface area contributed by atoms with Crippen LogP contribution < -0.4 is 4.90 Å². The molecule has 5 heteroatoms. The molecule has 6 rings (SSSR count). The van der Waals surface area contributed by atoms with Crippen LogP contribution in [0.4, 0.5) is 5.82 Å². The van der Waals surface area contributed by atoms with Crippen molar-refractivity contribution in [3.63, 3.8) is 0 Å². The highest BCUT2D eigenvalue weighted by Crippen LogP contribution is 2.43. The number of nitrogens with zero attached hydrogens (tertiary/aromatic N) is 3. The fraction of sp³-hybridized carbons (Fsp3) is 0.409. The van der Waals surface area contributed by atoms with Crippen LogP contribution in [0.5, 0.6) is 0 Å². The van der Waals surface area contributed by atoms with E-state index in [9.17, 15) is 0 Å². The van der Waals surface area contributed by atoms with Gasteiger partial charge in [-0.25, -0.2) is 9.29 Å². The fourth-order valence-corrected chi connectivity index (χ4v) is 5.85. The SMILES string of the molecule is c1ccc2[nH]c(-c3cc(SN4CCC4)cnc3N3CC4CCC3C4)cc2c1. The molecule has 2 saturated heterocycles. The van der Waals surface area contributed by atoms with Crippen molar-refractivity contribution in [1.29, 1.82) is 0 Å². The lowest BCUT2D eigenvalue weighted by Crippen LogP contribution is -2.33. The zero-order chi connectivity index (χ0) is 17.8. The van der Waals surface area contributed by atoms with Crippen molar-refractivity contribution in [3.8, 4) is 11.3 Å². The Morgan fingerprint density at radius 1 is 1.11 bits per heavy atom. The van der Waals surface area contributed by atoms with E-state index in [1.807, 2.05) is 11.9 Å². The normalized spacial score (nSPS) is 24.7. The molecule has 1 aromatic carbocycles. The monoisotopic (exact) mass is 376 g/mol. The minimum absolute atomic E-state index is 0.680. The van der Waals surface area contributed by atoms with Gasteiger partial charge in [0.05, 0.1) is 5.69 Å². The first-order valence-corrected chi connectivity index (χ1v) is 10.9. The van der Waals surface area contributed by atoms with E-state index < -0.39 is 0 Å². The zero-order valence-corrected chi connectivity index (χ0v) is 16.2. The van der Waals surface area contributed by atoms with Gasteiger partial charge in [-0.3, -0.25) is 0 Å². The van der Waals surface area contributed by atoms with Gasteiger partial charge in [0.25, 0.3) is 0 Å². The summed E-state index contributed by atoms with van der Waals surface area (Å²) >= 11 is 1.85. The number of aromatic nitrogens is 2. The maximum Gasteiger partial charge on any atom is 0.138 e. The summed E-state index contributed by atoms with van der Waals surface area (Å²) < 4.78 is 2.42. The van der Waals surface area contributed by atoms with E-state index in [2.05, 4.69) is 56.8 Å². The Labute approximate surface area is 164 Å². The molecule has 3 aliphatic rings. The highest BCUT2D eigenvalue weighted by atomic mass is 32.2. The summed E-state index contributed by atoms with van der Waals surface area (Å²) in [7, 11) is 0. The van der Waals surface area contributed by atoms with Gasteiger partial charge in [0, 0.05) is 53.2 Å². The third-order valence-corrected chi connectivity index (χ3v) is 7.45. The van der Waals surface area contributed by atoms with Crippen LogP contribution in [-0.4, -0.2) is 39.9 Å². The van der Waals surface area contributed by atoms with Gasteiger partial charge in [-0.1, -0.05) is 18.2 Å². The summed E-state index contributed by atoms with van der Waals surface area (Å²) in [5.41, 5.74) is 3.64. The van der Waals surface area contributed by atoms with E-state index in [1.54, 1.807) is 0 Å². The Bertz CT molecular complexity index is 960.